The fourth-order valence-corrected chi connectivity index (χ4v) is 7.24. The minimum absolute atomic E-state index is 0.0388. The third-order valence-corrected chi connectivity index (χ3v) is 9.11. The number of hydrogen-bond donors (Lipinski definition) is 0. The predicted octanol–water partition coefficient (Wildman–Crippen LogP) is 10.3. The van der Waals surface area contributed by atoms with Crippen LogP contribution in [0.25, 0.3) is 88.2 Å². The standard InChI is InChI=1S/C42H22N4/c43-23-36-37(24-44)46-35-22-27(18-21-34(35)45-36)28-19-20-33-40-29(28)16-9-17-32(40)41-38(25-10-3-1-4-11-25)30-14-7-8-15-31(30)39(42(33)41)26-12-5-2-6-13-26/h1-22H. The number of benzene rings is 7. The first-order valence-electron chi connectivity index (χ1n) is 15.1. The first-order chi connectivity index (χ1) is 22.7. The highest BCUT2D eigenvalue weighted by atomic mass is 14.8. The molecule has 1 aromatic heterocycles. The largest absolute Gasteiger partial charge is 0.232 e. The van der Waals surface area contributed by atoms with Crippen LogP contribution in [-0.2, 0) is 0 Å². The minimum Gasteiger partial charge on any atom is -0.232 e. The summed E-state index contributed by atoms with van der Waals surface area (Å²) >= 11 is 0. The van der Waals surface area contributed by atoms with Crippen LogP contribution in [0.3, 0.4) is 0 Å². The van der Waals surface area contributed by atoms with Crippen molar-refractivity contribution in [3.05, 3.63) is 145 Å². The summed E-state index contributed by atoms with van der Waals surface area (Å²) in [7, 11) is 0. The van der Waals surface area contributed by atoms with E-state index in [-0.39, 0.29) is 11.4 Å². The van der Waals surface area contributed by atoms with Gasteiger partial charge in [-0.1, -0.05) is 121 Å². The summed E-state index contributed by atoms with van der Waals surface area (Å²) in [6, 6.07) is 51.2. The minimum atomic E-state index is 0.0388. The molecule has 4 heteroatoms. The van der Waals surface area contributed by atoms with Gasteiger partial charge in [0.05, 0.1) is 11.0 Å². The SMILES string of the molecule is N#Cc1nc2ccc(-c3ccc4c5c(cccc35)-c3c-4c(-c4ccccc4)c4ccccc4c3-c3ccccc3)cc2nc1C#N. The second-order valence-electron chi connectivity index (χ2n) is 11.5. The molecule has 0 radical (unpaired) electrons. The molecule has 0 amide bonds. The van der Waals surface area contributed by atoms with Gasteiger partial charge in [0.1, 0.15) is 12.1 Å². The molecule has 7 aromatic carbocycles. The maximum absolute atomic E-state index is 9.57. The molecule has 210 valence electrons. The smallest absolute Gasteiger partial charge is 0.177 e. The summed E-state index contributed by atoms with van der Waals surface area (Å²) in [5, 5.41) is 23.8. The predicted molar refractivity (Wildman–Crippen MR) is 185 cm³/mol. The van der Waals surface area contributed by atoms with Gasteiger partial charge in [-0.15, -0.1) is 0 Å². The molecular formula is C42H22N4. The van der Waals surface area contributed by atoms with E-state index in [0.717, 1.165) is 16.5 Å². The van der Waals surface area contributed by atoms with E-state index in [1.165, 1.54) is 60.7 Å². The molecule has 0 bridgehead atoms. The Morgan fingerprint density at radius 3 is 1.52 bits per heavy atom. The zero-order valence-electron chi connectivity index (χ0n) is 24.5. The maximum Gasteiger partial charge on any atom is 0.177 e. The van der Waals surface area contributed by atoms with Gasteiger partial charge in [0.2, 0.25) is 0 Å². The number of nitriles is 2. The molecule has 8 aromatic rings. The summed E-state index contributed by atoms with van der Waals surface area (Å²) in [6.07, 6.45) is 0. The van der Waals surface area contributed by atoms with Crippen molar-refractivity contribution in [1.29, 1.82) is 10.5 Å². The van der Waals surface area contributed by atoms with Gasteiger partial charge in [-0.05, 0) is 89.3 Å². The van der Waals surface area contributed by atoms with Gasteiger partial charge in [0.15, 0.2) is 11.4 Å². The van der Waals surface area contributed by atoms with E-state index in [2.05, 4.69) is 125 Å². The summed E-state index contributed by atoms with van der Waals surface area (Å²) in [4.78, 5) is 8.87. The van der Waals surface area contributed by atoms with Crippen LogP contribution in [0.1, 0.15) is 11.4 Å². The first-order valence-corrected chi connectivity index (χ1v) is 15.1. The van der Waals surface area contributed by atoms with Crippen LogP contribution >= 0.6 is 0 Å². The molecule has 9 rings (SSSR count). The Morgan fingerprint density at radius 2 is 0.913 bits per heavy atom. The number of aromatic nitrogens is 2. The van der Waals surface area contributed by atoms with Crippen LogP contribution in [0.2, 0.25) is 0 Å². The van der Waals surface area contributed by atoms with Crippen LogP contribution < -0.4 is 0 Å². The lowest BCUT2D eigenvalue weighted by atomic mass is 9.82. The van der Waals surface area contributed by atoms with Crippen molar-refractivity contribution >= 4 is 32.6 Å². The van der Waals surface area contributed by atoms with E-state index in [1.807, 2.05) is 30.3 Å². The average molecular weight is 583 g/mol. The van der Waals surface area contributed by atoms with Gasteiger partial charge in [0.25, 0.3) is 0 Å². The molecule has 0 atom stereocenters. The Balaban J connectivity index is 1.38. The monoisotopic (exact) mass is 582 g/mol. The molecule has 4 nitrogen and oxygen atoms in total. The van der Waals surface area contributed by atoms with Crippen molar-refractivity contribution in [3.63, 3.8) is 0 Å². The second kappa shape index (κ2) is 9.96. The highest BCUT2D eigenvalue weighted by molar-refractivity contribution is 6.28. The quantitative estimate of drug-likeness (QED) is 0.208. The molecule has 0 N–H and O–H groups in total. The fraction of sp³-hybridized carbons (Fsp3) is 0. The highest BCUT2D eigenvalue weighted by Gasteiger charge is 2.31. The van der Waals surface area contributed by atoms with E-state index in [4.69, 9.17) is 0 Å². The fourth-order valence-electron chi connectivity index (χ4n) is 7.24. The molecule has 0 saturated carbocycles. The summed E-state index contributed by atoms with van der Waals surface area (Å²) in [5.74, 6) is 0. The number of nitrogens with zero attached hydrogens (tertiary/aromatic N) is 4. The van der Waals surface area contributed by atoms with Crippen molar-refractivity contribution in [1.82, 2.24) is 9.97 Å². The van der Waals surface area contributed by atoms with Gasteiger partial charge in [-0.2, -0.15) is 10.5 Å². The Morgan fingerprint density at radius 1 is 0.391 bits per heavy atom. The molecule has 1 aliphatic carbocycles. The molecule has 0 saturated heterocycles. The summed E-state index contributed by atoms with van der Waals surface area (Å²) < 4.78 is 0. The van der Waals surface area contributed by atoms with Gasteiger partial charge in [0, 0.05) is 0 Å². The number of fused-ring (bicyclic) bond motifs is 5. The number of rotatable bonds is 3. The molecule has 1 aliphatic rings. The lowest BCUT2D eigenvalue weighted by Crippen LogP contribution is -1.95. The normalized spacial score (nSPS) is 11.4. The third-order valence-electron chi connectivity index (χ3n) is 9.11. The molecule has 1 heterocycles. The van der Waals surface area contributed by atoms with Crippen molar-refractivity contribution in [3.8, 4) is 67.8 Å². The molecule has 46 heavy (non-hydrogen) atoms. The molecule has 0 unspecified atom stereocenters. The third kappa shape index (κ3) is 3.65. The van der Waals surface area contributed by atoms with E-state index in [9.17, 15) is 10.5 Å². The van der Waals surface area contributed by atoms with E-state index in [0.29, 0.717) is 11.0 Å². The Kier molecular flexibility index (Phi) is 5.59. The maximum atomic E-state index is 9.57. The van der Waals surface area contributed by atoms with Gasteiger partial charge < -0.3 is 0 Å². The highest BCUT2D eigenvalue weighted by Crippen LogP contribution is 2.58. The van der Waals surface area contributed by atoms with Gasteiger partial charge in [-0.3, -0.25) is 0 Å². The molecule has 0 aliphatic heterocycles. The molecule has 0 fully saturated rings. The van der Waals surface area contributed by atoms with Crippen molar-refractivity contribution < 1.29 is 0 Å². The van der Waals surface area contributed by atoms with Crippen LogP contribution in [0, 0.1) is 22.7 Å². The number of hydrogen-bond acceptors (Lipinski definition) is 4. The van der Waals surface area contributed by atoms with Crippen molar-refractivity contribution in [2.24, 2.45) is 0 Å². The van der Waals surface area contributed by atoms with Crippen LogP contribution in [0.4, 0.5) is 0 Å². The Labute approximate surface area is 265 Å². The van der Waals surface area contributed by atoms with E-state index >= 15 is 0 Å². The Bertz CT molecular complexity index is 2550. The first kappa shape index (κ1) is 25.8. The topological polar surface area (TPSA) is 73.4 Å². The van der Waals surface area contributed by atoms with Crippen LogP contribution in [0.5, 0.6) is 0 Å². The molecule has 0 spiro atoms. The lowest BCUT2D eigenvalue weighted by molar-refractivity contribution is 1.20. The van der Waals surface area contributed by atoms with Gasteiger partial charge in [-0.25, -0.2) is 9.97 Å². The lowest BCUT2D eigenvalue weighted by Gasteiger charge is -2.20. The van der Waals surface area contributed by atoms with E-state index < -0.39 is 0 Å². The Hall–Kier alpha value is -6.62. The average Bonchev–Trinajstić information content (AvgIpc) is 3.45. The van der Waals surface area contributed by atoms with Crippen LogP contribution in [0.15, 0.2) is 133 Å². The zero-order chi connectivity index (χ0) is 30.8. The van der Waals surface area contributed by atoms with Crippen molar-refractivity contribution in [2.45, 2.75) is 0 Å². The second-order valence-corrected chi connectivity index (χ2v) is 11.5. The van der Waals surface area contributed by atoms with Crippen LogP contribution in [-0.4, -0.2) is 9.97 Å². The zero-order valence-corrected chi connectivity index (χ0v) is 24.5. The summed E-state index contributed by atoms with van der Waals surface area (Å²) in [5.41, 5.74) is 13.1. The van der Waals surface area contributed by atoms with Crippen molar-refractivity contribution in [2.75, 3.05) is 0 Å². The summed E-state index contributed by atoms with van der Waals surface area (Å²) in [6.45, 7) is 0. The molecular weight excluding hydrogens is 560 g/mol. The van der Waals surface area contributed by atoms with Gasteiger partial charge >= 0.3 is 0 Å². The van der Waals surface area contributed by atoms with E-state index in [1.54, 1.807) is 0 Å².